The van der Waals surface area contributed by atoms with Crippen molar-refractivity contribution in [1.82, 2.24) is 24.6 Å². The molecular formula is C23H25N7O2. The van der Waals surface area contributed by atoms with Gasteiger partial charge in [-0.05, 0) is 56.7 Å². The summed E-state index contributed by atoms with van der Waals surface area (Å²) in [6.07, 6.45) is 6.05. The fourth-order valence-corrected chi connectivity index (χ4v) is 4.21. The first-order chi connectivity index (χ1) is 15.5. The number of oxazole rings is 1. The fourth-order valence-electron chi connectivity index (χ4n) is 4.21. The van der Waals surface area contributed by atoms with Crippen molar-refractivity contribution >= 4 is 22.8 Å². The van der Waals surface area contributed by atoms with E-state index in [0.29, 0.717) is 35.0 Å². The number of primary amides is 1. The molecule has 0 aliphatic carbocycles. The van der Waals surface area contributed by atoms with Crippen molar-refractivity contribution in [2.45, 2.75) is 25.3 Å². The second-order valence-electron chi connectivity index (χ2n) is 8.32. The van der Waals surface area contributed by atoms with Gasteiger partial charge in [0.15, 0.2) is 11.3 Å². The lowest BCUT2D eigenvalue weighted by molar-refractivity contribution is 0.0993. The monoisotopic (exact) mass is 431 g/mol. The topological polar surface area (TPSA) is 129 Å². The molecular weight excluding hydrogens is 406 g/mol. The molecule has 3 aromatic heterocycles. The highest BCUT2D eigenvalue weighted by atomic mass is 16.3. The van der Waals surface area contributed by atoms with Gasteiger partial charge in [-0.3, -0.25) is 9.48 Å². The van der Waals surface area contributed by atoms with Crippen LogP contribution in [0.25, 0.3) is 22.6 Å². The number of hydrogen-bond donors (Lipinski definition) is 2. The van der Waals surface area contributed by atoms with E-state index >= 15 is 0 Å². The normalized spacial score (nSPS) is 15.4. The SMILES string of the molecule is CN1CCC(n2cc(Cc3cnc(N)c(-c4nc5ccccc5o4)c3)c(C(N)=O)n2)CC1. The number of carbonyl (C=O) groups is 1. The molecule has 9 nitrogen and oxygen atoms in total. The number of hydrogen-bond acceptors (Lipinski definition) is 7. The molecule has 5 rings (SSSR count). The zero-order valence-electron chi connectivity index (χ0n) is 17.9. The Morgan fingerprint density at radius 3 is 2.78 bits per heavy atom. The van der Waals surface area contributed by atoms with Crippen molar-refractivity contribution in [2.24, 2.45) is 5.73 Å². The van der Waals surface area contributed by atoms with E-state index in [0.717, 1.165) is 42.6 Å². The number of para-hydroxylation sites is 2. The third-order valence-electron chi connectivity index (χ3n) is 6.00. The van der Waals surface area contributed by atoms with E-state index < -0.39 is 5.91 Å². The summed E-state index contributed by atoms with van der Waals surface area (Å²) in [7, 11) is 2.11. The predicted octanol–water partition coefficient (Wildman–Crippen LogP) is 2.62. The average molecular weight is 432 g/mol. The minimum Gasteiger partial charge on any atom is -0.436 e. The molecule has 1 fully saturated rings. The van der Waals surface area contributed by atoms with Crippen LogP contribution < -0.4 is 11.5 Å². The Hall–Kier alpha value is -3.72. The van der Waals surface area contributed by atoms with Crippen LogP contribution in [0.3, 0.4) is 0 Å². The van der Waals surface area contributed by atoms with Crippen molar-refractivity contribution in [3.05, 3.63) is 59.5 Å². The quantitative estimate of drug-likeness (QED) is 0.497. The molecule has 0 saturated carbocycles. The summed E-state index contributed by atoms with van der Waals surface area (Å²) in [5.74, 6) is 0.210. The average Bonchev–Trinajstić information content (AvgIpc) is 3.40. The number of carbonyl (C=O) groups excluding carboxylic acids is 1. The maximum Gasteiger partial charge on any atom is 0.269 e. The van der Waals surface area contributed by atoms with Crippen molar-refractivity contribution in [1.29, 1.82) is 0 Å². The first kappa shape index (κ1) is 20.2. The lowest BCUT2D eigenvalue weighted by Gasteiger charge is -2.29. The van der Waals surface area contributed by atoms with Gasteiger partial charge in [0, 0.05) is 24.4 Å². The van der Waals surface area contributed by atoms with Crippen molar-refractivity contribution in [3.8, 4) is 11.5 Å². The van der Waals surface area contributed by atoms with Gasteiger partial charge in [-0.2, -0.15) is 5.10 Å². The zero-order valence-corrected chi connectivity index (χ0v) is 17.9. The Bertz CT molecular complexity index is 1250. The number of nitrogens with two attached hydrogens (primary N) is 2. The van der Waals surface area contributed by atoms with Gasteiger partial charge in [-0.25, -0.2) is 9.97 Å². The Morgan fingerprint density at radius 2 is 2.03 bits per heavy atom. The van der Waals surface area contributed by atoms with Crippen LogP contribution in [-0.4, -0.2) is 50.7 Å². The third-order valence-corrected chi connectivity index (χ3v) is 6.00. The summed E-state index contributed by atoms with van der Waals surface area (Å²) >= 11 is 0. The second kappa shape index (κ2) is 8.08. The third kappa shape index (κ3) is 3.82. The number of benzene rings is 1. The molecule has 1 amide bonds. The molecule has 0 bridgehead atoms. The Balaban J connectivity index is 1.46. The molecule has 0 spiro atoms. The molecule has 0 radical (unpaired) electrons. The number of fused-ring (bicyclic) bond motifs is 1. The van der Waals surface area contributed by atoms with Crippen LogP contribution in [-0.2, 0) is 6.42 Å². The number of pyridine rings is 1. The van der Waals surface area contributed by atoms with Crippen LogP contribution >= 0.6 is 0 Å². The van der Waals surface area contributed by atoms with Crippen molar-refractivity contribution < 1.29 is 9.21 Å². The number of aromatic nitrogens is 4. The summed E-state index contributed by atoms with van der Waals surface area (Å²) in [6, 6.07) is 9.69. The smallest absolute Gasteiger partial charge is 0.269 e. The first-order valence-electron chi connectivity index (χ1n) is 10.6. The number of piperidine rings is 1. The summed E-state index contributed by atoms with van der Waals surface area (Å²) in [5.41, 5.74) is 15.7. The van der Waals surface area contributed by atoms with Gasteiger partial charge < -0.3 is 20.8 Å². The minimum atomic E-state index is -0.533. The van der Waals surface area contributed by atoms with Gasteiger partial charge in [0.1, 0.15) is 11.3 Å². The minimum absolute atomic E-state index is 0.262. The molecule has 1 aromatic carbocycles. The van der Waals surface area contributed by atoms with E-state index in [1.807, 2.05) is 41.2 Å². The van der Waals surface area contributed by atoms with E-state index in [2.05, 4.69) is 27.0 Å². The number of nitrogens with zero attached hydrogens (tertiary/aromatic N) is 5. The number of amides is 1. The Morgan fingerprint density at radius 1 is 1.25 bits per heavy atom. The molecule has 32 heavy (non-hydrogen) atoms. The van der Waals surface area contributed by atoms with Crippen LogP contribution in [0.4, 0.5) is 5.82 Å². The van der Waals surface area contributed by atoms with Crippen LogP contribution in [0.2, 0.25) is 0 Å². The second-order valence-corrected chi connectivity index (χ2v) is 8.32. The lowest BCUT2D eigenvalue weighted by atomic mass is 10.0. The number of anilines is 1. The standard InChI is InChI=1S/C23H25N7O2/c1-29-8-6-16(7-9-29)30-13-15(20(28-30)22(25)31)10-14-11-17(21(24)26-12-14)23-27-18-4-2-3-5-19(18)32-23/h2-5,11-13,16H,6-10H2,1H3,(H2,24,26)(H2,25,31). The zero-order chi connectivity index (χ0) is 22.2. The molecule has 9 heteroatoms. The van der Waals surface area contributed by atoms with Gasteiger partial charge in [0.25, 0.3) is 5.91 Å². The lowest BCUT2D eigenvalue weighted by Crippen LogP contribution is -2.31. The van der Waals surface area contributed by atoms with Crippen LogP contribution in [0.5, 0.6) is 0 Å². The largest absolute Gasteiger partial charge is 0.436 e. The highest BCUT2D eigenvalue weighted by Crippen LogP contribution is 2.29. The van der Waals surface area contributed by atoms with Gasteiger partial charge >= 0.3 is 0 Å². The molecule has 4 aromatic rings. The molecule has 1 saturated heterocycles. The Kier molecular flexibility index (Phi) is 5.10. The maximum atomic E-state index is 12.1. The molecule has 164 valence electrons. The van der Waals surface area contributed by atoms with Gasteiger partial charge in [0.2, 0.25) is 5.89 Å². The van der Waals surface area contributed by atoms with E-state index in [9.17, 15) is 4.79 Å². The van der Waals surface area contributed by atoms with Crippen molar-refractivity contribution in [3.63, 3.8) is 0 Å². The van der Waals surface area contributed by atoms with Gasteiger partial charge in [0.05, 0.1) is 11.6 Å². The number of rotatable bonds is 5. The molecule has 0 unspecified atom stereocenters. The molecule has 4 N–H and O–H groups in total. The Labute approximate surface area is 185 Å². The predicted molar refractivity (Wildman–Crippen MR) is 121 cm³/mol. The van der Waals surface area contributed by atoms with E-state index in [4.69, 9.17) is 15.9 Å². The highest BCUT2D eigenvalue weighted by molar-refractivity contribution is 5.92. The number of likely N-dealkylation sites (tertiary alicyclic amines) is 1. The summed E-state index contributed by atoms with van der Waals surface area (Å²) in [4.78, 5) is 23.2. The fraction of sp³-hybridized carbons (Fsp3) is 0.304. The summed E-state index contributed by atoms with van der Waals surface area (Å²) in [5, 5.41) is 4.53. The summed E-state index contributed by atoms with van der Waals surface area (Å²) in [6.45, 7) is 2.00. The maximum absolute atomic E-state index is 12.1. The van der Waals surface area contributed by atoms with Gasteiger partial charge in [-0.1, -0.05) is 12.1 Å². The first-order valence-corrected chi connectivity index (χ1v) is 10.6. The van der Waals surface area contributed by atoms with Crippen molar-refractivity contribution in [2.75, 3.05) is 25.9 Å². The van der Waals surface area contributed by atoms with E-state index in [1.54, 1.807) is 6.20 Å². The number of nitrogen functional groups attached to an aromatic ring is 1. The van der Waals surface area contributed by atoms with Crippen LogP contribution in [0.1, 0.15) is 40.5 Å². The van der Waals surface area contributed by atoms with E-state index in [1.165, 1.54) is 0 Å². The highest BCUT2D eigenvalue weighted by Gasteiger charge is 2.23. The van der Waals surface area contributed by atoms with E-state index in [-0.39, 0.29) is 6.04 Å². The van der Waals surface area contributed by atoms with Crippen LogP contribution in [0.15, 0.2) is 47.1 Å². The molecule has 1 aliphatic heterocycles. The van der Waals surface area contributed by atoms with Crippen LogP contribution in [0, 0.1) is 0 Å². The molecule has 1 aliphatic rings. The molecule has 0 atom stereocenters. The van der Waals surface area contributed by atoms with Gasteiger partial charge in [-0.15, -0.1) is 0 Å². The molecule has 4 heterocycles. The summed E-state index contributed by atoms with van der Waals surface area (Å²) < 4.78 is 7.77.